The Bertz CT molecular complexity index is 3890. The number of nitrogen functional groups attached to an aromatic ring is 2. The number of carbonyl (C=O) groups is 6. The van der Waals surface area contributed by atoms with Crippen LogP contribution in [0.15, 0.2) is 152 Å². The molecule has 0 amide bonds. The molecule has 0 aliphatic heterocycles. The first kappa shape index (κ1) is 58.4. The van der Waals surface area contributed by atoms with Gasteiger partial charge in [0.25, 0.3) is 26.2 Å². The highest BCUT2D eigenvalue weighted by Crippen LogP contribution is 2.45. The maximum Gasteiger partial charge on any atom is 0.425 e. The lowest BCUT2D eigenvalue weighted by molar-refractivity contribution is -0.134. The molecule has 0 saturated carbocycles. The Balaban J connectivity index is 0.000000174. The predicted molar refractivity (Wildman–Crippen MR) is 287 cm³/mol. The molecule has 21 nitrogen and oxygen atoms in total. The van der Waals surface area contributed by atoms with Gasteiger partial charge in [0.05, 0.1) is 51.9 Å². The van der Waals surface area contributed by atoms with Gasteiger partial charge in [-0.3, -0.25) is 33.1 Å². The Kier molecular flexibility index (Phi) is 18.8. The number of para-hydroxylation sites is 2. The van der Waals surface area contributed by atoms with Crippen LogP contribution in [0.2, 0.25) is 0 Å². The molecular formula is C53H42N4O17S3. The number of nitrogens with zero attached hydrogens (tertiary/aromatic N) is 2. The summed E-state index contributed by atoms with van der Waals surface area (Å²) in [4.78, 5) is 75.1. The number of aromatic carboxylic acids is 1. The molecule has 394 valence electrons. The molecule has 1 aromatic heterocycles. The zero-order valence-electron chi connectivity index (χ0n) is 40.3. The quantitative estimate of drug-likeness (QED) is 0.0526. The number of nitrogens with two attached hydrogens (primary N) is 2. The van der Waals surface area contributed by atoms with E-state index in [0.717, 1.165) is 50.9 Å². The van der Waals surface area contributed by atoms with Crippen LogP contribution in [0.3, 0.4) is 0 Å². The number of aliphatic carboxylic acids is 1. The van der Waals surface area contributed by atoms with Crippen molar-refractivity contribution in [2.75, 3.05) is 24.0 Å². The number of aromatic nitrogens is 2. The number of ketones is 4. The van der Waals surface area contributed by atoms with Gasteiger partial charge in [0, 0.05) is 56.5 Å². The van der Waals surface area contributed by atoms with Crippen molar-refractivity contribution in [3.05, 3.63) is 179 Å². The van der Waals surface area contributed by atoms with Gasteiger partial charge in [-0.1, -0.05) is 121 Å². The van der Waals surface area contributed by atoms with E-state index in [4.69, 9.17) is 58.2 Å². The number of fused-ring (bicyclic) bond motifs is 4. The van der Waals surface area contributed by atoms with Gasteiger partial charge in [0.15, 0.2) is 0 Å². The van der Waals surface area contributed by atoms with E-state index < -0.39 is 42.8 Å². The fourth-order valence-corrected chi connectivity index (χ4v) is 7.75. The highest BCUT2D eigenvalue weighted by atomic mass is 32.2. The Morgan fingerprint density at radius 1 is 0.455 bits per heavy atom. The van der Waals surface area contributed by atoms with Gasteiger partial charge in [-0.25, -0.2) is 14.8 Å². The van der Waals surface area contributed by atoms with Crippen molar-refractivity contribution >= 4 is 121 Å². The SMILES string of the molecule is CC(=O)O.CS(=O)(=O)O.CS(=O)(=O)O.Nc1ccc(C(=O)O)cc1N.O=C1C(=O)c2cccc3cccc1c23.O=C1C(=O)c2cccc3cccc1c23.O=S(=O)=O.c1cc2c3c(cccc3c1)-c1nc3ccccc3nc1-2. The van der Waals surface area contributed by atoms with Gasteiger partial charge >= 0.3 is 16.6 Å². The summed E-state index contributed by atoms with van der Waals surface area (Å²) in [6.45, 7) is 1.08. The zero-order valence-corrected chi connectivity index (χ0v) is 42.8. The summed E-state index contributed by atoms with van der Waals surface area (Å²) in [7, 11) is -10.4. The number of hydrogen-bond donors (Lipinski definition) is 6. The van der Waals surface area contributed by atoms with Gasteiger partial charge in [0.1, 0.15) is 0 Å². The molecule has 0 atom stereocenters. The fraction of sp³-hybridized carbons (Fsp3) is 0.0566. The summed E-state index contributed by atoms with van der Waals surface area (Å²) in [6.07, 6.45) is 1.43. The van der Waals surface area contributed by atoms with Crippen molar-refractivity contribution in [1.29, 1.82) is 0 Å². The Hall–Kier alpha value is -9.46. The van der Waals surface area contributed by atoms with E-state index in [1.165, 1.54) is 40.1 Å². The van der Waals surface area contributed by atoms with Crippen LogP contribution in [-0.2, 0) is 35.6 Å². The molecule has 8 N–H and O–H groups in total. The molecule has 9 aromatic rings. The third-order valence-corrected chi connectivity index (χ3v) is 10.5. The van der Waals surface area contributed by atoms with Gasteiger partial charge in [-0.2, -0.15) is 16.8 Å². The minimum atomic E-state index is -3.67. The minimum absolute atomic E-state index is 0.150. The molecule has 0 radical (unpaired) electrons. The molecule has 8 aromatic carbocycles. The normalized spacial score (nSPS) is 11.7. The molecule has 0 unspecified atom stereocenters. The molecule has 3 aliphatic carbocycles. The number of rotatable bonds is 1. The summed E-state index contributed by atoms with van der Waals surface area (Å²) in [5, 5.41) is 22.0. The molecule has 0 bridgehead atoms. The number of benzene rings is 8. The number of Topliss-reactive ketones (excluding diaryl/α,β-unsaturated/α-hetero) is 4. The third kappa shape index (κ3) is 15.3. The minimum Gasteiger partial charge on any atom is -0.481 e. The molecule has 1 heterocycles. The summed E-state index contributed by atoms with van der Waals surface area (Å²) in [5.74, 6) is -3.35. The molecule has 3 aliphatic rings. The largest absolute Gasteiger partial charge is 0.481 e. The Labute approximate surface area is 439 Å². The van der Waals surface area contributed by atoms with Crippen LogP contribution in [0.4, 0.5) is 11.4 Å². The van der Waals surface area contributed by atoms with Gasteiger partial charge in [-0.05, 0) is 46.5 Å². The first-order valence-corrected chi connectivity index (χ1v) is 26.5. The van der Waals surface area contributed by atoms with Crippen LogP contribution in [0.1, 0.15) is 58.7 Å². The number of carboxylic acids is 2. The molecule has 24 heteroatoms. The van der Waals surface area contributed by atoms with E-state index >= 15 is 0 Å². The monoisotopic (exact) mass is 1100 g/mol. The summed E-state index contributed by atoms with van der Waals surface area (Å²) >= 11 is 0. The van der Waals surface area contributed by atoms with Crippen molar-refractivity contribution in [2.24, 2.45) is 0 Å². The van der Waals surface area contributed by atoms with E-state index in [1.807, 2.05) is 48.5 Å². The number of anilines is 2. The van der Waals surface area contributed by atoms with Crippen molar-refractivity contribution in [3.63, 3.8) is 0 Å². The van der Waals surface area contributed by atoms with Crippen LogP contribution in [-0.4, -0.2) is 106 Å². The fourth-order valence-electron chi connectivity index (χ4n) is 7.75. The van der Waals surface area contributed by atoms with Crippen LogP contribution in [0, 0.1) is 0 Å². The van der Waals surface area contributed by atoms with E-state index in [2.05, 4.69) is 36.4 Å². The van der Waals surface area contributed by atoms with E-state index in [-0.39, 0.29) is 28.7 Å². The second kappa shape index (κ2) is 24.7. The van der Waals surface area contributed by atoms with Crippen molar-refractivity contribution in [2.45, 2.75) is 6.92 Å². The molecule has 0 spiro atoms. The van der Waals surface area contributed by atoms with Crippen molar-refractivity contribution in [3.8, 4) is 22.5 Å². The summed E-state index contributed by atoms with van der Waals surface area (Å²) in [6, 6.07) is 46.7. The van der Waals surface area contributed by atoms with Gasteiger partial charge in [-0.15, -0.1) is 12.6 Å². The van der Waals surface area contributed by atoms with Crippen molar-refractivity contribution < 1.29 is 77.5 Å². The molecule has 0 saturated heterocycles. The number of carboxylic acid groups (broad SMARTS) is 2. The Morgan fingerprint density at radius 2 is 0.714 bits per heavy atom. The smallest absolute Gasteiger partial charge is 0.425 e. The maximum absolute atomic E-state index is 11.5. The van der Waals surface area contributed by atoms with Crippen LogP contribution in [0.25, 0.3) is 65.9 Å². The Morgan fingerprint density at radius 3 is 0.974 bits per heavy atom. The molecule has 12 rings (SSSR count). The first-order valence-electron chi connectivity index (χ1n) is 21.8. The topological polar surface area (TPSA) is 381 Å². The lowest BCUT2D eigenvalue weighted by Gasteiger charge is -2.02. The highest BCUT2D eigenvalue weighted by molar-refractivity contribution is 7.85. The zero-order chi connectivity index (χ0) is 57.1. The summed E-state index contributed by atoms with van der Waals surface area (Å²) in [5.41, 5.74) is 20.1. The van der Waals surface area contributed by atoms with Crippen LogP contribution < -0.4 is 11.5 Å². The van der Waals surface area contributed by atoms with E-state index in [0.29, 0.717) is 46.1 Å². The third-order valence-electron chi connectivity index (χ3n) is 10.5. The lowest BCUT2D eigenvalue weighted by Crippen LogP contribution is -2.05. The second-order valence-corrected chi connectivity index (χ2v) is 19.5. The van der Waals surface area contributed by atoms with E-state index in [9.17, 15) is 40.8 Å². The van der Waals surface area contributed by atoms with Gasteiger partial charge < -0.3 is 21.7 Å². The predicted octanol–water partition coefficient (Wildman–Crippen LogP) is 7.51. The average Bonchev–Trinajstić information content (AvgIpc) is 3.94. The molecule has 77 heavy (non-hydrogen) atoms. The van der Waals surface area contributed by atoms with Crippen molar-refractivity contribution in [1.82, 2.24) is 9.97 Å². The van der Waals surface area contributed by atoms with E-state index in [1.54, 1.807) is 48.5 Å². The average molecular weight is 1100 g/mol. The van der Waals surface area contributed by atoms with Crippen LogP contribution >= 0.6 is 0 Å². The number of hydrogen-bond acceptors (Lipinski definition) is 17. The lowest BCUT2D eigenvalue weighted by atomic mass is 10.0. The first-order chi connectivity index (χ1) is 36.1. The standard InChI is InChI=1S/C18H10N2.2C12H6O2.C7H8N2O2.C2H4O2.2CH4O3S.O3S/c1-2-10-15-14(9-1)19-17-12-7-3-5-11-6-4-8-13(16(11)12)18(17)20-15;2*13-11-8-5-1-3-7-4-2-6-9(10(7)8)12(11)14;8-5-2-1-4(7(10)11)3-6(5)9;1-2(3)4;2*1-5(2,3)4;1-4(2)3/h1-10H;2*1-6H;1-3H,8-9H2,(H,10,11);1H3,(H,3,4);2*1H3,(H,2,3,4);. The summed E-state index contributed by atoms with van der Waals surface area (Å²) < 4.78 is 77.1. The second-order valence-electron chi connectivity index (χ2n) is 16.2. The highest BCUT2D eigenvalue weighted by Gasteiger charge is 2.31. The number of carbonyl (C=O) groups excluding carboxylic acids is 4. The maximum atomic E-state index is 11.5. The molecule has 0 fully saturated rings. The molecular weight excluding hydrogens is 1060 g/mol. The van der Waals surface area contributed by atoms with Gasteiger partial charge in [0.2, 0.25) is 23.1 Å². The van der Waals surface area contributed by atoms with Crippen LogP contribution in [0.5, 0.6) is 0 Å².